The Kier molecular flexibility index (Phi) is 1.86. The normalized spacial score (nSPS) is 30.5. The van der Waals surface area contributed by atoms with E-state index >= 15 is 0 Å². The van der Waals surface area contributed by atoms with Gasteiger partial charge in [0, 0.05) is 6.04 Å². The molecule has 0 aliphatic heterocycles. The Morgan fingerprint density at radius 2 is 2.12 bits per heavy atom. The fraction of sp³-hybridized carbons (Fsp3) is 0.417. The summed E-state index contributed by atoms with van der Waals surface area (Å²) >= 11 is 6.02. The Bertz CT molecular complexity index is 618. The number of rotatable bonds is 1. The first-order valence-electron chi connectivity index (χ1n) is 5.84. The number of nitrogens with zero attached hydrogens (tertiary/aromatic N) is 4. The van der Waals surface area contributed by atoms with Crippen molar-refractivity contribution in [3.8, 4) is 0 Å². The summed E-state index contributed by atoms with van der Waals surface area (Å²) in [6.07, 6.45) is 10.5. The standard InChI is InChI=1S/C12H11ClN4/c13-11-10-12(15-5-14-11)17(6-16-10)9-4-7-1-2-8(9)3-7/h1-2,5-9H,3-4H2/t7-,8+,9+/m1/s1. The van der Waals surface area contributed by atoms with Crippen molar-refractivity contribution in [1.82, 2.24) is 19.5 Å². The second-order valence-electron chi connectivity index (χ2n) is 4.84. The molecule has 0 spiro atoms. The molecule has 17 heavy (non-hydrogen) atoms. The molecule has 1 fully saturated rings. The Labute approximate surface area is 103 Å². The zero-order chi connectivity index (χ0) is 11.4. The number of aromatic nitrogens is 4. The molecular formula is C12H11ClN4. The van der Waals surface area contributed by atoms with Crippen molar-refractivity contribution in [2.75, 3.05) is 0 Å². The van der Waals surface area contributed by atoms with Gasteiger partial charge in [0.25, 0.3) is 0 Å². The second-order valence-corrected chi connectivity index (χ2v) is 5.19. The van der Waals surface area contributed by atoms with E-state index in [0.717, 1.165) is 11.6 Å². The van der Waals surface area contributed by atoms with Gasteiger partial charge in [0.15, 0.2) is 10.8 Å². The third-order valence-electron chi connectivity index (χ3n) is 3.92. The van der Waals surface area contributed by atoms with E-state index in [-0.39, 0.29) is 0 Å². The van der Waals surface area contributed by atoms with Gasteiger partial charge in [-0.1, -0.05) is 23.8 Å². The van der Waals surface area contributed by atoms with Gasteiger partial charge in [-0.15, -0.1) is 0 Å². The SMILES string of the molecule is Clc1ncnc2c1ncn2[C@H]1C[C@@H]2C=C[C@H]1C2. The predicted octanol–water partition coefficient (Wildman–Crippen LogP) is 2.62. The maximum Gasteiger partial charge on any atom is 0.165 e. The van der Waals surface area contributed by atoms with Gasteiger partial charge >= 0.3 is 0 Å². The molecule has 5 heteroatoms. The van der Waals surface area contributed by atoms with E-state index in [2.05, 4.69) is 31.7 Å². The van der Waals surface area contributed by atoms with Crippen LogP contribution >= 0.6 is 11.6 Å². The molecule has 0 radical (unpaired) electrons. The summed E-state index contributed by atoms with van der Waals surface area (Å²) in [4.78, 5) is 12.6. The highest BCUT2D eigenvalue weighted by Gasteiger charge is 2.37. The van der Waals surface area contributed by atoms with Crippen LogP contribution in [0.15, 0.2) is 24.8 Å². The summed E-state index contributed by atoms with van der Waals surface area (Å²) < 4.78 is 2.16. The fourth-order valence-corrected chi connectivity index (χ4v) is 3.31. The maximum absolute atomic E-state index is 6.02. The molecule has 2 aliphatic carbocycles. The summed E-state index contributed by atoms with van der Waals surface area (Å²) in [5, 5.41) is 0.437. The van der Waals surface area contributed by atoms with E-state index in [9.17, 15) is 0 Å². The van der Waals surface area contributed by atoms with Crippen LogP contribution in [0, 0.1) is 11.8 Å². The van der Waals surface area contributed by atoms with Crippen LogP contribution < -0.4 is 0 Å². The molecule has 0 saturated heterocycles. The van der Waals surface area contributed by atoms with Gasteiger partial charge in [0.2, 0.25) is 0 Å². The Morgan fingerprint density at radius 1 is 1.18 bits per heavy atom. The first-order valence-corrected chi connectivity index (χ1v) is 6.22. The third-order valence-corrected chi connectivity index (χ3v) is 4.19. The van der Waals surface area contributed by atoms with Crippen molar-refractivity contribution in [3.05, 3.63) is 30.0 Å². The van der Waals surface area contributed by atoms with Crippen molar-refractivity contribution in [2.45, 2.75) is 18.9 Å². The summed E-state index contributed by atoms with van der Waals surface area (Å²) in [6.45, 7) is 0. The molecule has 3 atom stereocenters. The van der Waals surface area contributed by atoms with Crippen LogP contribution in [0.25, 0.3) is 11.2 Å². The highest BCUT2D eigenvalue weighted by atomic mass is 35.5. The topological polar surface area (TPSA) is 43.6 Å². The predicted molar refractivity (Wildman–Crippen MR) is 64.7 cm³/mol. The van der Waals surface area contributed by atoms with Crippen LogP contribution in [0.2, 0.25) is 5.15 Å². The van der Waals surface area contributed by atoms with E-state index in [1.807, 2.05) is 6.33 Å². The lowest BCUT2D eigenvalue weighted by molar-refractivity contribution is 0.440. The van der Waals surface area contributed by atoms with Gasteiger partial charge in [-0.25, -0.2) is 15.0 Å². The molecule has 2 heterocycles. The second kappa shape index (κ2) is 3.29. The average molecular weight is 247 g/mol. The lowest BCUT2D eigenvalue weighted by Gasteiger charge is -2.19. The monoisotopic (exact) mass is 246 g/mol. The summed E-state index contributed by atoms with van der Waals surface area (Å²) in [7, 11) is 0. The van der Waals surface area contributed by atoms with E-state index in [1.165, 1.54) is 19.2 Å². The van der Waals surface area contributed by atoms with Crippen molar-refractivity contribution >= 4 is 22.8 Å². The largest absolute Gasteiger partial charge is 0.311 e. The van der Waals surface area contributed by atoms with Crippen LogP contribution in [0.4, 0.5) is 0 Å². The van der Waals surface area contributed by atoms with Gasteiger partial charge in [0.1, 0.15) is 11.8 Å². The summed E-state index contributed by atoms with van der Waals surface area (Å²) in [6, 6.07) is 0.487. The number of halogens is 1. The van der Waals surface area contributed by atoms with Gasteiger partial charge in [0.05, 0.1) is 6.33 Å². The molecule has 2 aromatic heterocycles. The highest BCUT2D eigenvalue weighted by Crippen LogP contribution is 2.46. The van der Waals surface area contributed by atoms with E-state index in [4.69, 9.17) is 11.6 Å². The first kappa shape index (κ1) is 9.59. The van der Waals surface area contributed by atoms with E-state index in [0.29, 0.717) is 22.6 Å². The minimum Gasteiger partial charge on any atom is -0.311 e. The Morgan fingerprint density at radius 3 is 2.88 bits per heavy atom. The van der Waals surface area contributed by atoms with Crippen LogP contribution in [0.3, 0.4) is 0 Å². The zero-order valence-corrected chi connectivity index (χ0v) is 9.88. The lowest BCUT2D eigenvalue weighted by Crippen LogP contribution is -2.13. The van der Waals surface area contributed by atoms with Crippen LogP contribution in [-0.4, -0.2) is 19.5 Å². The van der Waals surface area contributed by atoms with Crippen molar-refractivity contribution in [3.63, 3.8) is 0 Å². The number of hydrogen-bond acceptors (Lipinski definition) is 3. The minimum absolute atomic E-state index is 0.437. The molecule has 0 amide bonds. The fourth-order valence-electron chi connectivity index (χ4n) is 3.14. The van der Waals surface area contributed by atoms with Gasteiger partial charge in [-0.05, 0) is 24.7 Å². The average Bonchev–Trinajstić information content (AvgIpc) is 3.03. The summed E-state index contributed by atoms with van der Waals surface area (Å²) in [5.41, 5.74) is 1.57. The number of imidazole rings is 1. The molecule has 1 saturated carbocycles. The van der Waals surface area contributed by atoms with Gasteiger partial charge in [-0.2, -0.15) is 0 Å². The van der Waals surface area contributed by atoms with Gasteiger partial charge in [-0.3, -0.25) is 0 Å². The highest BCUT2D eigenvalue weighted by molar-refractivity contribution is 6.33. The maximum atomic E-state index is 6.02. The molecule has 2 bridgehead atoms. The number of hydrogen-bond donors (Lipinski definition) is 0. The molecule has 2 aliphatic rings. The molecule has 0 aromatic carbocycles. The van der Waals surface area contributed by atoms with Crippen molar-refractivity contribution < 1.29 is 0 Å². The van der Waals surface area contributed by atoms with Crippen LogP contribution in [0.5, 0.6) is 0 Å². The van der Waals surface area contributed by atoms with Crippen molar-refractivity contribution in [2.24, 2.45) is 11.8 Å². The lowest BCUT2D eigenvalue weighted by atomic mass is 10.0. The smallest absolute Gasteiger partial charge is 0.165 e. The van der Waals surface area contributed by atoms with Crippen LogP contribution in [-0.2, 0) is 0 Å². The quantitative estimate of drug-likeness (QED) is 0.574. The van der Waals surface area contributed by atoms with Gasteiger partial charge < -0.3 is 4.57 Å². The van der Waals surface area contributed by atoms with Crippen LogP contribution in [0.1, 0.15) is 18.9 Å². The molecule has 0 N–H and O–H groups in total. The van der Waals surface area contributed by atoms with E-state index < -0.39 is 0 Å². The molecule has 4 rings (SSSR count). The molecular weight excluding hydrogens is 236 g/mol. The molecule has 2 aromatic rings. The molecule has 86 valence electrons. The summed E-state index contributed by atoms with van der Waals surface area (Å²) in [5.74, 6) is 1.37. The number of fused-ring (bicyclic) bond motifs is 3. The molecule has 4 nitrogen and oxygen atoms in total. The Hall–Kier alpha value is -1.42. The van der Waals surface area contributed by atoms with E-state index in [1.54, 1.807) is 0 Å². The first-order chi connectivity index (χ1) is 8.33. The number of allylic oxidation sites excluding steroid dienone is 2. The Balaban J connectivity index is 1.87. The third kappa shape index (κ3) is 1.27. The minimum atomic E-state index is 0.437. The van der Waals surface area contributed by atoms with Crippen molar-refractivity contribution in [1.29, 1.82) is 0 Å². The zero-order valence-electron chi connectivity index (χ0n) is 9.12. The molecule has 0 unspecified atom stereocenters.